The molecule has 1 aromatic rings. The lowest BCUT2D eigenvalue weighted by atomic mass is 10.1. The van der Waals surface area contributed by atoms with Gasteiger partial charge in [0, 0.05) is 6.04 Å². The summed E-state index contributed by atoms with van der Waals surface area (Å²) in [7, 11) is -3.24. The number of aryl methyl sites for hydroxylation is 1. The molecule has 4 heteroatoms. The minimum atomic E-state index is -3.24. The smallest absolute Gasteiger partial charge is 0.207 e. The van der Waals surface area contributed by atoms with E-state index >= 15 is 0 Å². The molecule has 0 saturated heterocycles. The van der Waals surface area contributed by atoms with Gasteiger partial charge in [-0.25, -0.2) is 13.1 Å². The zero-order chi connectivity index (χ0) is 10.3. The van der Waals surface area contributed by atoms with E-state index in [1.807, 2.05) is 26.0 Å². The Kier molecular flexibility index (Phi) is 2.12. The Morgan fingerprint density at radius 2 is 2.14 bits per heavy atom. The first-order chi connectivity index (χ1) is 6.54. The number of hydrogen-bond donors (Lipinski definition) is 1. The van der Waals surface area contributed by atoms with Crippen LogP contribution in [0.25, 0.3) is 0 Å². The van der Waals surface area contributed by atoms with Crippen LogP contribution in [0, 0.1) is 0 Å². The fraction of sp³-hybridized carbons (Fsp3) is 0.400. The molecule has 1 atom stereocenters. The van der Waals surface area contributed by atoms with Crippen molar-refractivity contribution in [1.82, 2.24) is 4.72 Å². The second kappa shape index (κ2) is 3.07. The highest BCUT2D eigenvalue weighted by atomic mass is 32.2. The van der Waals surface area contributed by atoms with E-state index in [1.54, 1.807) is 6.07 Å². The molecule has 1 aromatic carbocycles. The molecule has 1 heterocycles. The predicted octanol–water partition coefficient (Wildman–Crippen LogP) is 1.60. The molecule has 0 fully saturated rings. The predicted molar refractivity (Wildman–Crippen MR) is 54.6 cm³/mol. The standard InChI is InChI=1S/C10H13NO2S/c1-3-8-4-5-9-7(2)11-14(12,13)10(9)6-8/h4-7,11H,3H2,1-2H3. The van der Waals surface area contributed by atoms with Crippen molar-refractivity contribution in [2.45, 2.75) is 31.2 Å². The summed E-state index contributed by atoms with van der Waals surface area (Å²) >= 11 is 0. The van der Waals surface area contributed by atoms with Gasteiger partial charge in [-0.15, -0.1) is 0 Å². The summed E-state index contributed by atoms with van der Waals surface area (Å²) in [5.74, 6) is 0. The maximum absolute atomic E-state index is 11.6. The van der Waals surface area contributed by atoms with Gasteiger partial charge in [-0.2, -0.15) is 0 Å². The largest absolute Gasteiger partial charge is 0.241 e. The lowest BCUT2D eigenvalue weighted by Crippen LogP contribution is -2.17. The molecule has 0 aromatic heterocycles. The van der Waals surface area contributed by atoms with Gasteiger partial charge >= 0.3 is 0 Å². The fourth-order valence-electron chi connectivity index (χ4n) is 1.75. The zero-order valence-electron chi connectivity index (χ0n) is 8.24. The SMILES string of the molecule is CCc1ccc2c(c1)S(=O)(=O)NC2C. The van der Waals surface area contributed by atoms with Crippen molar-refractivity contribution >= 4 is 10.0 Å². The van der Waals surface area contributed by atoms with E-state index in [0.717, 1.165) is 17.5 Å². The Labute approximate surface area is 84.2 Å². The molecular formula is C10H13NO2S. The number of nitrogens with one attached hydrogen (secondary N) is 1. The average molecular weight is 211 g/mol. The molecule has 3 nitrogen and oxygen atoms in total. The summed E-state index contributed by atoms with van der Waals surface area (Å²) < 4.78 is 25.8. The molecule has 1 N–H and O–H groups in total. The number of benzene rings is 1. The maximum atomic E-state index is 11.6. The topological polar surface area (TPSA) is 46.2 Å². The van der Waals surface area contributed by atoms with Gasteiger partial charge in [0.1, 0.15) is 0 Å². The highest BCUT2D eigenvalue weighted by molar-refractivity contribution is 7.89. The summed E-state index contributed by atoms with van der Waals surface area (Å²) in [6, 6.07) is 5.55. The molecule has 0 amide bonds. The Morgan fingerprint density at radius 3 is 2.79 bits per heavy atom. The third kappa shape index (κ3) is 1.35. The molecule has 0 radical (unpaired) electrons. The van der Waals surface area contributed by atoms with E-state index < -0.39 is 10.0 Å². The highest BCUT2D eigenvalue weighted by Crippen LogP contribution is 2.30. The molecule has 0 bridgehead atoms. The van der Waals surface area contributed by atoms with Crippen molar-refractivity contribution in [3.8, 4) is 0 Å². The van der Waals surface area contributed by atoms with E-state index in [9.17, 15) is 8.42 Å². The van der Waals surface area contributed by atoms with Crippen molar-refractivity contribution in [2.75, 3.05) is 0 Å². The van der Waals surface area contributed by atoms with Crippen LogP contribution in [0.15, 0.2) is 23.1 Å². The Balaban J connectivity index is 2.65. The van der Waals surface area contributed by atoms with Gasteiger partial charge in [-0.3, -0.25) is 0 Å². The molecule has 14 heavy (non-hydrogen) atoms. The maximum Gasteiger partial charge on any atom is 0.241 e. The van der Waals surface area contributed by atoms with E-state index in [1.165, 1.54) is 0 Å². The molecule has 76 valence electrons. The minimum absolute atomic E-state index is 0.0964. The van der Waals surface area contributed by atoms with Crippen LogP contribution in [0.5, 0.6) is 0 Å². The number of hydrogen-bond acceptors (Lipinski definition) is 2. The quantitative estimate of drug-likeness (QED) is 0.767. The second-order valence-corrected chi connectivity index (χ2v) is 5.25. The van der Waals surface area contributed by atoms with Crippen LogP contribution in [0.2, 0.25) is 0 Å². The van der Waals surface area contributed by atoms with E-state index in [0.29, 0.717) is 4.90 Å². The highest BCUT2D eigenvalue weighted by Gasteiger charge is 2.30. The molecule has 1 unspecified atom stereocenters. The monoisotopic (exact) mass is 211 g/mol. The first kappa shape index (κ1) is 9.68. The molecule has 0 spiro atoms. The molecular weight excluding hydrogens is 198 g/mol. The van der Waals surface area contributed by atoms with Crippen LogP contribution < -0.4 is 4.72 Å². The number of rotatable bonds is 1. The van der Waals surface area contributed by atoms with E-state index in [-0.39, 0.29) is 6.04 Å². The molecule has 0 aliphatic carbocycles. The van der Waals surface area contributed by atoms with E-state index in [2.05, 4.69) is 4.72 Å². The van der Waals surface area contributed by atoms with Gasteiger partial charge in [-0.1, -0.05) is 19.1 Å². The Hall–Kier alpha value is -0.870. The average Bonchev–Trinajstić information content (AvgIpc) is 2.37. The Bertz CT molecular complexity index is 465. The van der Waals surface area contributed by atoms with Crippen LogP contribution in [0.3, 0.4) is 0 Å². The van der Waals surface area contributed by atoms with Gasteiger partial charge in [0.25, 0.3) is 0 Å². The summed E-state index contributed by atoms with van der Waals surface area (Å²) in [4.78, 5) is 0.448. The fourth-order valence-corrected chi connectivity index (χ4v) is 3.33. The summed E-state index contributed by atoms with van der Waals surface area (Å²) in [5, 5.41) is 0. The van der Waals surface area contributed by atoms with Crippen molar-refractivity contribution in [3.05, 3.63) is 29.3 Å². The minimum Gasteiger partial charge on any atom is -0.207 e. The van der Waals surface area contributed by atoms with Crippen LogP contribution in [-0.2, 0) is 16.4 Å². The number of fused-ring (bicyclic) bond motifs is 1. The second-order valence-electron chi connectivity index (χ2n) is 3.57. The summed E-state index contributed by atoms with van der Waals surface area (Å²) in [6.45, 7) is 3.87. The van der Waals surface area contributed by atoms with Gasteiger partial charge in [0.05, 0.1) is 4.90 Å². The molecule has 1 aliphatic heterocycles. The zero-order valence-corrected chi connectivity index (χ0v) is 9.06. The van der Waals surface area contributed by atoms with E-state index in [4.69, 9.17) is 0 Å². The molecule has 0 saturated carbocycles. The Morgan fingerprint density at radius 1 is 1.43 bits per heavy atom. The molecule has 2 rings (SSSR count). The first-order valence-corrected chi connectivity index (χ1v) is 6.18. The lowest BCUT2D eigenvalue weighted by Gasteiger charge is -2.02. The van der Waals surface area contributed by atoms with Gasteiger partial charge in [0.2, 0.25) is 10.0 Å². The van der Waals surface area contributed by atoms with Gasteiger partial charge in [0.15, 0.2) is 0 Å². The van der Waals surface area contributed by atoms with Crippen molar-refractivity contribution < 1.29 is 8.42 Å². The molecule has 1 aliphatic rings. The van der Waals surface area contributed by atoms with Crippen LogP contribution in [0.4, 0.5) is 0 Å². The third-order valence-electron chi connectivity index (χ3n) is 2.57. The van der Waals surface area contributed by atoms with Crippen molar-refractivity contribution in [3.63, 3.8) is 0 Å². The summed E-state index contributed by atoms with van der Waals surface area (Å²) in [6.07, 6.45) is 0.858. The number of sulfonamides is 1. The van der Waals surface area contributed by atoms with Crippen molar-refractivity contribution in [1.29, 1.82) is 0 Å². The lowest BCUT2D eigenvalue weighted by molar-refractivity contribution is 0.582. The van der Waals surface area contributed by atoms with Crippen LogP contribution in [0.1, 0.15) is 31.0 Å². The van der Waals surface area contributed by atoms with Crippen molar-refractivity contribution in [2.24, 2.45) is 0 Å². The first-order valence-electron chi connectivity index (χ1n) is 4.69. The van der Waals surface area contributed by atoms with Crippen LogP contribution in [-0.4, -0.2) is 8.42 Å². The van der Waals surface area contributed by atoms with Gasteiger partial charge in [-0.05, 0) is 30.5 Å². The van der Waals surface area contributed by atoms with Gasteiger partial charge < -0.3 is 0 Å². The van der Waals surface area contributed by atoms with Crippen LogP contribution >= 0.6 is 0 Å². The summed E-state index contributed by atoms with van der Waals surface area (Å²) in [5.41, 5.74) is 1.94. The normalized spacial score (nSPS) is 23.4. The third-order valence-corrected chi connectivity index (χ3v) is 4.17.